The van der Waals surface area contributed by atoms with Crippen LogP contribution in [0.2, 0.25) is 0 Å². The molecule has 1 saturated carbocycles. The maximum absolute atomic E-state index is 13.3. The number of Topliss-reactive ketones (excluding diaryl/α,β-unsaturated/α-hetero) is 1. The van der Waals surface area contributed by atoms with Gasteiger partial charge in [-0.25, -0.2) is 5.43 Å². The van der Waals surface area contributed by atoms with Crippen LogP contribution in [-0.2, 0) is 0 Å². The third-order valence-electron chi connectivity index (χ3n) is 7.65. The Bertz CT molecular complexity index is 1220. The number of aromatic amines is 1. The highest BCUT2D eigenvalue weighted by Crippen LogP contribution is 2.37. The number of hydrazine groups is 1. The molecule has 6 nitrogen and oxygen atoms in total. The number of aromatic nitrogens is 1. The van der Waals surface area contributed by atoms with E-state index in [2.05, 4.69) is 71.6 Å². The molecule has 0 bridgehead atoms. The van der Waals surface area contributed by atoms with E-state index in [0.717, 1.165) is 42.7 Å². The number of carbonyl (C=O) groups is 1. The number of hydrazone groups is 1. The molecule has 0 unspecified atom stereocenters. The lowest BCUT2D eigenvalue weighted by molar-refractivity contribution is 0.103. The predicted octanol–water partition coefficient (Wildman–Crippen LogP) is 6.16. The van der Waals surface area contributed by atoms with Gasteiger partial charge in [-0.2, -0.15) is 10.2 Å². The molecular weight excluding hydrogens is 458 g/mol. The first-order valence-electron chi connectivity index (χ1n) is 13.5. The van der Waals surface area contributed by atoms with Crippen LogP contribution in [0.15, 0.2) is 59.8 Å². The lowest BCUT2D eigenvalue weighted by Gasteiger charge is -2.27. The van der Waals surface area contributed by atoms with Crippen molar-refractivity contribution in [2.45, 2.75) is 64.7 Å². The molecule has 4 rings (SSSR count). The van der Waals surface area contributed by atoms with Gasteiger partial charge in [0.2, 0.25) is 5.78 Å². The van der Waals surface area contributed by atoms with Gasteiger partial charge in [0.25, 0.3) is 0 Å². The molecule has 0 radical (unpaired) electrons. The van der Waals surface area contributed by atoms with Gasteiger partial charge in [-0.05, 0) is 117 Å². The van der Waals surface area contributed by atoms with E-state index < -0.39 is 0 Å². The highest BCUT2D eigenvalue weighted by atomic mass is 16.1. The average molecular weight is 500 g/mol. The van der Waals surface area contributed by atoms with Gasteiger partial charge < -0.3 is 10.3 Å². The summed E-state index contributed by atoms with van der Waals surface area (Å²) in [6.07, 6.45) is 9.53. The lowest BCUT2D eigenvalue weighted by atomic mass is 9.79. The van der Waals surface area contributed by atoms with Crippen LogP contribution in [0, 0.1) is 20.8 Å². The number of nitrogens with one attached hydrogen (secondary N) is 3. The Labute approximate surface area is 221 Å². The number of anilines is 1. The summed E-state index contributed by atoms with van der Waals surface area (Å²) in [7, 11) is 1.82. The van der Waals surface area contributed by atoms with Crippen molar-refractivity contribution in [2.24, 2.45) is 5.10 Å². The SMILES string of the molecule is C=C(/C=N\N(NC)c1ccc(C2CCC2)cc1C)C(=O)c1cc(C)cc(C)c(C2CCNCC2)cc[nH]1. The molecule has 3 N–H and O–H groups in total. The first-order chi connectivity index (χ1) is 17.9. The van der Waals surface area contributed by atoms with Crippen molar-refractivity contribution in [2.75, 3.05) is 25.3 Å². The van der Waals surface area contributed by atoms with Crippen LogP contribution in [0.3, 0.4) is 0 Å². The standard InChI is InChI=1S/C31H41N5O/c1-21-17-22(2)28(26-11-14-33-15-12-26)13-16-34-29(18-21)31(37)24(4)20-35-36(32-5)30-10-9-27(19-23(30)3)25-7-6-8-25/h9-10,13,16-20,25-26,32-34H,4,6-8,11-12,14-15H2,1-3,5H3/b16-13?,21-17?,28-22?,29-18?,35-20-. The Kier molecular flexibility index (Phi) is 8.95. The molecule has 2 heterocycles. The number of hydrogen-bond donors (Lipinski definition) is 3. The topological polar surface area (TPSA) is 72.5 Å². The van der Waals surface area contributed by atoms with E-state index in [4.69, 9.17) is 0 Å². The number of ketones is 1. The molecular formula is C31H41N5O. The number of nitrogens with zero attached hydrogens (tertiary/aromatic N) is 2. The third kappa shape index (κ3) is 6.56. The van der Waals surface area contributed by atoms with Gasteiger partial charge in [-0.15, -0.1) is 0 Å². The van der Waals surface area contributed by atoms with E-state index >= 15 is 0 Å². The maximum Gasteiger partial charge on any atom is 0.210 e. The summed E-state index contributed by atoms with van der Waals surface area (Å²) in [5.74, 6) is 1.03. The van der Waals surface area contributed by atoms with Crippen molar-refractivity contribution in [3.63, 3.8) is 0 Å². The molecule has 0 spiro atoms. The van der Waals surface area contributed by atoms with E-state index in [1.807, 2.05) is 26.2 Å². The summed E-state index contributed by atoms with van der Waals surface area (Å²) in [5.41, 5.74) is 11.0. The molecule has 1 aliphatic heterocycles. The van der Waals surface area contributed by atoms with Crippen LogP contribution in [-0.4, -0.2) is 37.1 Å². The van der Waals surface area contributed by atoms with Crippen molar-refractivity contribution >= 4 is 17.7 Å². The zero-order valence-electron chi connectivity index (χ0n) is 22.7. The van der Waals surface area contributed by atoms with E-state index in [1.165, 1.54) is 42.2 Å². The summed E-state index contributed by atoms with van der Waals surface area (Å²) < 4.78 is 0. The van der Waals surface area contributed by atoms with Crippen LogP contribution in [0.4, 0.5) is 5.69 Å². The fraction of sp³-hybridized carbons (Fsp3) is 0.419. The Morgan fingerprint density at radius 1 is 1.03 bits per heavy atom. The second-order valence-corrected chi connectivity index (χ2v) is 10.4. The number of aryl methyl sites for hydroxylation is 3. The van der Waals surface area contributed by atoms with E-state index in [1.54, 1.807) is 5.12 Å². The van der Waals surface area contributed by atoms with Gasteiger partial charge in [0.05, 0.1) is 17.6 Å². The summed E-state index contributed by atoms with van der Waals surface area (Å²) in [6.45, 7) is 12.4. The minimum atomic E-state index is -0.183. The van der Waals surface area contributed by atoms with Crippen LogP contribution in [0.5, 0.6) is 0 Å². The normalized spacial score (nSPS) is 16.3. The minimum Gasteiger partial charge on any atom is -0.358 e. The number of hydrogen-bond acceptors (Lipinski definition) is 5. The summed E-state index contributed by atoms with van der Waals surface area (Å²) >= 11 is 0. The molecule has 37 heavy (non-hydrogen) atoms. The smallest absolute Gasteiger partial charge is 0.210 e. The molecule has 1 aliphatic carbocycles. The average Bonchev–Trinajstić information content (AvgIpc) is 2.92. The zero-order valence-corrected chi connectivity index (χ0v) is 22.7. The van der Waals surface area contributed by atoms with Gasteiger partial charge in [-0.1, -0.05) is 31.2 Å². The molecule has 2 aliphatic rings. The second-order valence-electron chi connectivity index (χ2n) is 10.4. The fourth-order valence-corrected chi connectivity index (χ4v) is 5.32. The number of piperidine rings is 1. The number of rotatable bonds is 8. The second kappa shape index (κ2) is 12.3. The number of carbonyl (C=O) groups excluding carboxylic acids is 1. The molecule has 0 amide bonds. The Morgan fingerprint density at radius 2 is 1.78 bits per heavy atom. The van der Waals surface area contributed by atoms with Crippen LogP contribution in [0.1, 0.15) is 82.2 Å². The first-order valence-corrected chi connectivity index (χ1v) is 13.5. The quantitative estimate of drug-likeness (QED) is 0.176. The van der Waals surface area contributed by atoms with Crippen LogP contribution in [0.25, 0.3) is 0 Å². The van der Waals surface area contributed by atoms with Crippen LogP contribution < -0.4 is 15.9 Å². The number of benzene rings is 1. The van der Waals surface area contributed by atoms with Crippen molar-refractivity contribution in [3.05, 3.63) is 88.3 Å². The van der Waals surface area contributed by atoms with Crippen LogP contribution >= 0.6 is 0 Å². The fourth-order valence-electron chi connectivity index (χ4n) is 5.32. The summed E-state index contributed by atoms with van der Waals surface area (Å²) in [6, 6.07) is 12.7. The highest BCUT2D eigenvalue weighted by Gasteiger charge is 2.20. The van der Waals surface area contributed by atoms with Crippen molar-refractivity contribution in [1.82, 2.24) is 15.7 Å². The number of H-pyrrole nitrogens is 1. The molecule has 1 aromatic heterocycles. The van der Waals surface area contributed by atoms with Gasteiger partial charge in [0.1, 0.15) is 0 Å². The molecule has 1 aromatic carbocycles. The zero-order chi connectivity index (χ0) is 26.4. The van der Waals surface area contributed by atoms with Gasteiger partial charge >= 0.3 is 0 Å². The molecule has 2 fully saturated rings. The molecule has 0 atom stereocenters. The largest absolute Gasteiger partial charge is 0.358 e. The van der Waals surface area contributed by atoms with Crippen molar-refractivity contribution in [3.8, 4) is 0 Å². The van der Waals surface area contributed by atoms with Crippen molar-refractivity contribution in [1.29, 1.82) is 0 Å². The molecule has 6 heteroatoms. The molecule has 196 valence electrons. The summed E-state index contributed by atoms with van der Waals surface area (Å²) in [4.78, 5) is 16.5. The molecule has 2 aromatic rings. The minimum absolute atomic E-state index is 0.183. The molecule has 1 saturated heterocycles. The van der Waals surface area contributed by atoms with E-state index in [9.17, 15) is 4.79 Å². The Morgan fingerprint density at radius 3 is 2.43 bits per heavy atom. The predicted molar refractivity (Wildman–Crippen MR) is 154 cm³/mol. The summed E-state index contributed by atoms with van der Waals surface area (Å²) in [5, 5.41) is 9.66. The highest BCUT2D eigenvalue weighted by molar-refractivity contribution is 6.20. The Hall–Kier alpha value is -3.22. The van der Waals surface area contributed by atoms with Crippen molar-refractivity contribution < 1.29 is 4.79 Å². The maximum atomic E-state index is 13.3. The van der Waals surface area contributed by atoms with E-state index in [0.29, 0.717) is 23.1 Å². The van der Waals surface area contributed by atoms with E-state index in [-0.39, 0.29) is 5.78 Å². The van der Waals surface area contributed by atoms with Gasteiger partial charge in [0.15, 0.2) is 0 Å². The van der Waals surface area contributed by atoms with Gasteiger partial charge in [0, 0.05) is 18.8 Å². The third-order valence-corrected chi connectivity index (χ3v) is 7.65. The number of allylic oxidation sites excluding steroid dienone is 1. The Balaban J connectivity index is 1.53. The first kappa shape index (κ1) is 26.8. The monoisotopic (exact) mass is 499 g/mol. The lowest BCUT2D eigenvalue weighted by Crippen LogP contribution is -2.30. The van der Waals surface area contributed by atoms with Gasteiger partial charge in [-0.3, -0.25) is 4.79 Å².